The topological polar surface area (TPSA) is 76.0 Å². The SMILES string of the molecule is O=C1CC(C(=O)NCCc2cnn(-c3ccccc3)c2)c2ccccc2N1. The first-order valence-electron chi connectivity index (χ1n) is 8.96. The predicted octanol–water partition coefficient (Wildman–Crippen LogP) is 2.66. The monoisotopic (exact) mass is 360 g/mol. The van der Waals surface area contributed by atoms with E-state index in [-0.39, 0.29) is 18.2 Å². The van der Waals surface area contributed by atoms with E-state index in [4.69, 9.17) is 0 Å². The van der Waals surface area contributed by atoms with Crippen LogP contribution in [0.4, 0.5) is 5.69 Å². The number of benzene rings is 2. The van der Waals surface area contributed by atoms with E-state index in [1.54, 1.807) is 0 Å². The third kappa shape index (κ3) is 3.74. The van der Waals surface area contributed by atoms with Crippen LogP contribution in [-0.4, -0.2) is 28.1 Å². The lowest BCUT2D eigenvalue weighted by molar-refractivity contribution is -0.126. The van der Waals surface area contributed by atoms with Gasteiger partial charge >= 0.3 is 0 Å². The van der Waals surface area contributed by atoms with Crippen molar-refractivity contribution in [3.05, 3.63) is 78.1 Å². The first-order chi connectivity index (χ1) is 13.2. The van der Waals surface area contributed by atoms with Crippen molar-refractivity contribution in [2.45, 2.75) is 18.8 Å². The van der Waals surface area contributed by atoms with Crippen molar-refractivity contribution < 1.29 is 9.59 Å². The molecular formula is C21H20N4O2. The molecule has 0 fully saturated rings. The largest absolute Gasteiger partial charge is 0.355 e. The van der Waals surface area contributed by atoms with Gasteiger partial charge in [0.05, 0.1) is 17.8 Å². The van der Waals surface area contributed by atoms with Crippen LogP contribution in [0, 0.1) is 0 Å². The molecular weight excluding hydrogens is 340 g/mol. The zero-order chi connectivity index (χ0) is 18.6. The van der Waals surface area contributed by atoms with Gasteiger partial charge in [-0.1, -0.05) is 36.4 Å². The summed E-state index contributed by atoms with van der Waals surface area (Å²) in [6, 6.07) is 17.3. The minimum atomic E-state index is -0.443. The second kappa shape index (κ2) is 7.45. The van der Waals surface area contributed by atoms with Crippen LogP contribution in [0.1, 0.15) is 23.5 Å². The van der Waals surface area contributed by atoms with Crippen molar-refractivity contribution in [2.75, 3.05) is 11.9 Å². The molecule has 0 spiro atoms. The van der Waals surface area contributed by atoms with Crippen LogP contribution in [0.2, 0.25) is 0 Å². The van der Waals surface area contributed by atoms with Crippen molar-refractivity contribution in [3.8, 4) is 5.69 Å². The molecule has 4 rings (SSSR count). The lowest BCUT2D eigenvalue weighted by atomic mass is 9.90. The fraction of sp³-hybridized carbons (Fsp3) is 0.190. The molecule has 2 aromatic carbocycles. The van der Waals surface area contributed by atoms with Crippen molar-refractivity contribution >= 4 is 17.5 Å². The summed E-state index contributed by atoms with van der Waals surface area (Å²) < 4.78 is 1.82. The van der Waals surface area contributed by atoms with Crippen LogP contribution in [0.15, 0.2) is 67.0 Å². The van der Waals surface area contributed by atoms with E-state index in [0.717, 1.165) is 22.5 Å². The zero-order valence-electron chi connectivity index (χ0n) is 14.8. The summed E-state index contributed by atoms with van der Waals surface area (Å²) in [5.41, 5.74) is 3.63. The molecule has 1 atom stereocenters. The van der Waals surface area contributed by atoms with Crippen LogP contribution >= 0.6 is 0 Å². The third-order valence-corrected chi connectivity index (χ3v) is 4.69. The van der Waals surface area contributed by atoms with Crippen LogP contribution in [-0.2, 0) is 16.0 Å². The fourth-order valence-electron chi connectivity index (χ4n) is 3.31. The number of amides is 2. The molecule has 3 aromatic rings. The molecule has 27 heavy (non-hydrogen) atoms. The maximum absolute atomic E-state index is 12.6. The number of aromatic nitrogens is 2. The lowest BCUT2D eigenvalue weighted by Crippen LogP contribution is -2.35. The Morgan fingerprint density at radius 1 is 1.15 bits per heavy atom. The van der Waals surface area contributed by atoms with E-state index < -0.39 is 5.92 Å². The van der Waals surface area contributed by atoms with Crippen LogP contribution in [0.3, 0.4) is 0 Å². The molecule has 1 aliphatic heterocycles. The average molecular weight is 360 g/mol. The Bertz CT molecular complexity index is 965. The highest BCUT2D eigenvalue weighted by atomic mass is 16.2. The minimum Gasteiger partial charge on any atom is -0.355 e. The standard InChI is InChI=1S/C21H20N4O2/c26-20-12-18(17-8-4-5-9-19(17)24-20)21(27)22-11-10-15-13-23-25(14-15)16-6-2-1-3-7-16/h1-9,13-14,18H,10-12H2,(H,22,27)(H,24,26). The Labute approximate surface area is 157 Å². The molecule has 1 aliphatic rings. The molecule has 6 heteroatoms. The summed E-state index contributed by atoms with van der Waals surface area (Å²) in [4.78, 5) is 24.5. The average Bonchev–Trinajstić information content (AvgIpc) is 3.17. The molecule has 2 amide bonds. The Kier molecular flexibility index (Phi) is 4.70. The number of nitrogens with one attached hydrogen (secondary N) is 2. The zero-order valence-corrected chi connectivity index (χ0v) is 14.8. The Balaban J connectivity index is 1.37. The van der Waals surface area contributed by atoms with Crippen LogP contribution in [0.5, 0.6) is 0 Å². The van der Waals surface area contributed by atoms with Gasteiger partial charge < -0.3 is 10.6 Å². The van der Waals surface area contributed by atoms with E-state index in [9.17, 15) is 9.59 Å². The van der Waals surface area contributed by atoms with E-state index in [1.165, 1.54) is 0 Å². The molecule has 0 saturated carbocycles. The van der Waals surface area contributed by atoms with Crippen molar-refractivity contribution in [3.63, 3.8) is 0 Å². The second-order valence-corrected chi connectivity index (χ2v) is 6.56. The first-order valence-corrected chi connectivity index (χ1v) is 8.96. The Morgan fingerprint density at radius 3 is 2.78 bits per heavy atom. The van der Waals surface area contributed by atoms with Crippen LogP contribution in [0.25, 0.3) is 5.69 Å². The van der Waals surface area contributed by atoms with Gasteiger partial charge in [-0.15, -0.1) is 0 Å². The number of nitrogens with zero attached hydrogens (tertiary/aromatic N) is 2. The fourth-order valence-corrected chi connectivity index (χ4v) is 3.31. The van der Waals surface area contributed by atoms with Gasteiger partial charge in [-0.3, -0.25) is 9.59 Å². The highest BCUT2D eigenvalue weighted by Gasteiger charge is 2.30. The number of fused-ring (bicyclic) bond motifs is 1. The maximum atomic E-state index is 12.6. The summed E-state index contributed by atoms with van der Waals surface area (Å²) in [6.45, 7) is 0.500. The lowest BCUT2D eigenvalue weighted by Gasteiger charge is -2.24. The molecule has 136 valence electrons. The maximum Gasteiger partial charge on any atom is 0.228 e. The van der Waals surface area contributed by atoms with E-state index in [0.29, 0.717) is 13.0 Å². The van der Waals surface area contributed by atoms with Gasteiger partial charge in [0.25, 0.3) is 0 Å². The first kappa shape index (κ1) is 17.0. The Morgan fingerprint density at radius 2 is 1.93 bits per heavy atom. The van der Waals surface area contributed by atoms with Crippen molar-refractivity contribution in [2.24, 2.45) is 0 Å². The second-order valence-electron chi connectivity index (χ2n) is 6.56. The molecule has 1 unspecified atom stereocenters. The molecule has 1 aromatic heterocycles. The molecule has 0 aliphatic carbocycles. The van der Waals surface area contributed by atoms with E-state index in [2.05, 4.69) is 15.7 Å². The molecule has 6 nitrogen and oxygen atoms in total. The number of para-hydroxylation sites is 2. The molecule has 0 saturated heterocycles. The highest BCUT2D eigenvalue weighted by molar-refractivity contribution is 6.01. The summed E-state index contributed by atoms with van der Waals surface area (Å²) in [7, 11) is 0. The van der Waals surface area contributed by atoms with Crippen molar-refractivity contribution in [1.82, 2.24) is 15.1 Å². The van der Waals surface area contributed by atoms with Crippen LogP contribution < -0.4 is 10.6 Å². The number of carbonyl (C=O) groups excluding carboxylic acids is 2. The summed E-state index contributed by atoms with van der Waals surface area (Å²) >= 11 is 0. The number of hydrogen-bond donors (Lipinski definition) is 2. The number of anilines is 1. The van der Waals surface area contributed by atoms with Gasteiger partial charge in [0, 0.05) is 24.8 Å². The normalized spacial score (nSPS) is 15.7. The number of hydrogen-bond acceptors (Lipinski definition) is 3. The molecule has 0 radical (unpaired) electrons. The number of rotatable bonds is 5. The van der Waals surface area contributed by atoms with E-state index in [1.807, 2.05) is 71.7 Å². The van der Waals surface area contributed by atoms with Gasteiger partial charge in [-0.2, -0.15) is 5.10 Å². The minimum absolute atomic E-state index is 0.118. The summed E-state index contributed by atoms with van der Waals surface area (Å²) in [5.74, 6) is -0.687. The summed E-state index contributed by atoms with van der Waals surface area (Å²) in [5, 5.41) is 10.1. The van der Waals surface area contributed by atoms with E-state index >= 15 is 0 Å². The summed E-state index contributed by atoms with van der Waals surface area (Å²) in [6.07, 6.45) is 4.63. The molecule has 0 bridgehead atoms. The molecule has 2 heterocycles. The van der Waals surface area contributed by atoms with Gasteiger partial charge in [-0.05, 0) is 35.7 Å². The quantitative estimate of drug-likeness (QED) is 0.734. The van der Waals surface area contributed by atoms with Gasteiger partial charge in [0.15, 0.2) is 0 Å². The van der Waals surface area contributed by atoms with Crippen molar-refractivity contribution in [1.29, 1.82) is 0 Å². The van der Waals surface area contributed by atoms with Gasteiger partial charge in [0.2, 0.25) is 11.8 Å². The predicted molar refractivity (Wildman–Crippen MR) is 103 cm³/mol. The Hall–Kier alpha value is -3.41. The van der Waals surface area contributed by atoms with Gasteiger partial charge in [0.1, 0.15) is 0 Å². The third-order valence-electron chi connectivity index (χ3n) is 4.69. The number of carbonyl (C=O) groups is 2. The van der Waals surface area contributed by atoms with Gasteiger partial charge in [-0.25, -0.2) is 4.68 Å². The highest BCUT2D eigenvalue weighted by Crippen LogP contribution is 2.31. The molecule has 2 N–H and O–H groups in total. The smallest absolute Gasteiger partial charge is 0.228 e.